The molecule has 2 aromatic carbocycles. The Morgan fingerprint density at radius 3 is 2.18 bits per heavy atom. The first-order valence-corrected chi connectivity index (χ1v) is 11.1. The molecule has 2 heterocycles. The Morgan fingerprint density at radius 1 is 1.00 bits per heavy atom. The number of nitrogens with one attached hydrogen (secondary N) is 1. The Labute approximate surface area is 193 Å². The molecule has 0 radical (unpaired) electrons. The number of aromatic nitrogens is 5. The average molecular weight is 469 g/mol. The van der Waals surface area contributed by atoms with Gasteiger partial charge in [0.05, 0.1) is 22.3 Å². The molecule has 1 unspecified atom stereocenters. The number of thioether (sulfide) groups is 1. The van der Waals surface area contributed by atoms with Gasteiger partial charge in [-0.1, -0.05) is 11.8 Å². The fraction of sp³-hybridized carbons (Fsp3) is 0.217. The minimum absolute atomic E-state index is 0.212. The van der Waals surface area contributed by atoms with Gasteiger partial charge in [-0.15, -0.1) is 10.2 Å². The number of carbonyl (C=O) groups excluding carboxylic acids is 1. The predicted molar refractivity (Wildman–Crippen MR) is 123 cm³/mol. The van der Waals surface area contributed by atoms with Crippen molar-refractivity contribution < 1.29 is 13.6 Å². The van der Waals surface area contributed by atoms with Gasteiger partial charge in [0.15, 0.2) is 11.0 Å². The van der Waals surface area contributed by atoms with E-state index >= 15 is 0 Å². The summed E-state index contributed by atoms with van der Waals surface area (Å²) >= 11 is 1.22. The largest absolute Gasteiger partial charge is 0.322 e. The molecule has 0 aliphatic carbocycles. The second-order valence-electron chi connectivity index (χ2n) is 7.54. The van der Waals surface area contributed by atoms with Crippen LogP contribution in [0.3, 0.4) is 0 Å². The van der Waals surface area contributed by atoms with Crippen molar-refractivity contribution in [3.8, 4) is 17.1 Å². The summed E-state index contributed by atoms with van der Waals surface area (Å²) in [6.07, 6.45) is 0. The van der Waals surface area contributed by atoms with Crippen molar-refractivity contribution in [2.45, 2.75) is 31.2 Å². The van der Waals surface area contributed by atoms with E-state index in [4.69, 9.17) is 0 Å². The molecule has 7 nitrogen and oxygen atoms in total. The molecule has 1 N–H and O–H groups in total. The highest BCUT2D eigenvalue weighted by Gasteiger charge is 2.23. The summed E-state index contributed by atoms with van der Waals surface area (Å²) in [5, 5.41) is 15.7. The van der Waals surface area contributed by atoms with Crippen LogP contribution in [0.2, 0.25) is 0 Å². The molecule has 0 saturated carbocycles. The van der Waals surface area contributed by atoms with Crippen LogP contribution in [0, 0.1) is 25.5 Å². The van der Waals surface area contributed by atoms with Crippen LogP contribution in [0.15, 0.2) is 53.7 Å². The molecule has 0 saturated heterocycles. The van der Waals surface area contributed by atoms with Gasteiger partial charge in [-0.25, -0.2) is 8.78 Å². The molecule has 170 valence electrons. The lowest BCUT2D eigenvalue weighted by molar-refractivity contribution is -0.115. The zero-order valence-electron chi connectivity index (χ0n) is 18.5. The minimum Gasteiger partial charge on any atom is -0.322 e. The third-order valence-electron chi connectivity index (χ3n) is 5.23. The maximum Gasteiger partial charge on any atom is 0.237 e. The van der Waals surface area contributed by atoms with E-state index in [2.05, 4.69) is 20.6 Å². The van der Waals surface area contributed by atoms with Crippen molar-refractivity contribution in [1.29, 1.82) is 0 Å². The zero-order chi connectivity index (χ0) is 23.7. The van der Waals surface area contributed by atoms with Crippen LogP contribution in [-0.4, -0.2) is 35.7 Å². The summed E-state index contributed by atoms with van der Waals surface area (Å²) in [7, 11) is 1.82. The minimum atomic E-state index is -0.520. The topological polar surface area (TPSA) is 77.6 Å². The quantitative estimate of drug-likeness (QED) is 0.416. The first-order chi connectivity index (χ1) is 15.7. The van der Waals surface area contributed by atoms with Gasteiger partial charge in [-0.05, 0) is 69.3 Å². The number of anilines is 1. The molecule has 1 amide bonds. The van der Waals surface area contributed by atoms with Crippen LogP contribution >= 0.6 is 11.8 Å². The molecule has 0 bridgehead atoms. The van der Waals surface area contributed by atoms with Crippen LogP contribution in [0.4, 0.5) is 14.5 Å². The van der Waals surface area contributed by atoms with E-state index < -0.39 is 5.25 Å². The molecule has 10 heteroatoms. The standard InChI is InChI=1S/C23H22F2N6OS/c1-13-20(14(2)30(4)29-13)26-22(32)15(3)33-23-28-27-21(16-5-7-17(24)8-6-16)31(23)19-11-9-18(25)10-12-19/h5-12,15H,1-4H3,(H,26,32). The van der Waals surface area contributed by atoms with Gasteiger partial charge in [0, 0.05) is 18.3 Å². The van der Waals surface area contributed by atoms with Gasteiger partial charge in [0.25, 0.3) is 0 Å². The van der Waals surface area contributed by atoms with Crippen molar-refractivity contribution in [1.82, 2.24) is 24.5 Å². The number of rotatable bonds is 6. The molecule has 1 atom stereocenters. The van der Waals surface area contributed by atoms with Gasteiger partial charge >= 0.3 is 0 Å². The SMILES string of the molecule is Cc1nn(C)c(C)c1NC(=O)C(C)Sc1nnc(-c2ccc(F)cc2)n1-c1ccc(F)cc1. The Hall–Kier alpha value is -3.53. The lowest BCUT2D eigenvalue weighted by Gasteiger charge is -2.14. The van der Waals surface area contributed by atoms with E-state index in [-0.39, 0.29) is 17.5 Å². The van der Waals surface area contributed by atoms with Crippen LogP contribution in [0.25, 0.3) is 17.1 Å². The molecular formula is C23H22F2N6OS. The lowest BCUT2D eigenvalue weighted by atomic mass is 10.2. The van der Waals surface area contributed by atoms with Gasteiger partial charge in [0.1, 0.15) is 11.6 Å². The zero-order valence-corrected chi connectivity index (χ0v) is 19.3. The van der Waals surface area contributed by atoms with Gasteiger partial charge < -0.3 is 5.32 Å². The number of amides is 1. The van der Waals surface area contributed by atoms with Crippen molar-refractivity contribution in [3.05, 3.63) is 71.6 Å². The van der Waals surface area contributed by atoms with Crippen molar-refractivity contribution in [2.24, 2.45) is 7.05 Å². The molecule has 0 aliphatic heterocycles. The van der Waals surface area contributed by atoms with Gasteiger partial charge in [-0.2, -0.15) is 5.10 Å². The number of carbonyl (C=O) groups is 1. The highest BCUT2D eigenvalue weighted by molar-refractivity contribution is 8.00. The second-order valence-corrected chi connectivity index (χ2v) is 8.85. The van der Waals surface area contributed by atoms with Gasteiger partial charge in [0.2, 0.25) is 5.91 Å². The summed E-state index contributed by atoms with van der Waals surface area (Å²) < 4.78 is 30.4. The Kier molecular flexibility index (Phi) is 6.28. The molecular weight excluding hydrogens is 446 g/mol. The number of benzene rings is 2. The first kappa shape index (κ1) is 22.7. The fourth-order valence-corrected chi connectivity index (χ4v) is 4.21. The summed E-state index contributed by atoms with van der Waals surface area (Å²) in [4.78, 5) is 12.9. The van der Waals surface area contributed by atoms with Crippen LogP contribution in [-0.2, 0) is 11.8 Å². The Bertz CT molecular complexity index is 1300. The molecule has 4 aromatic rings. The molecule has 33 heavy (non-hydrogen) atoms. The molecule has 0 spiro atoms. The number of halogens is 2. The summed E-state index contributed by atoms with van der Waals surface area (Å²) in [6.45, 7) is 5.48. The number of hydrogen-bond acceptors (Lipinski definition) is 5. The monoisotopic (exact) mass is 468 g/mol. The van der Waals surface area contributed by atoms with E-state index in [1.165, 1.54) is 36.0 Å². The van der Waals surface area contributed by atoms with E-state index in [0.29, 0.717) is 27.9 Å². The van der Waals surface area contributed by atoms with Crippen molar-refractivity contribution >= 4 is 23.4 Å². The Balaban J connectivity index is 1.66. The third-order valence-corrected chi connectivity index (χ3v) is 6.27. The summed E-state index contributed by atoms with van der Waals surface area (Å²) in [6, 6.07) is 11.7. The van der Waals surface area contributed by atoms with E-state index in [0.717, 1.165) is 11.4 Å². The highest BCUT2D eigenvalue weighted by Crippen LogP contribution is 2.31. The smallest absolute Gasteiger partial charge is 0.237 e. The molecule has 0 fully saturated rings. The van der Waals surface area contributed by atoms with E-state index in [1.807, 2.05) is 20.9 Å². The molecule has 2 aromatic heterocycles. The summed E-state index contributed by atoms with van der Waals surface area (Å²) in [5.74, 6) is -0.501. The predicted octanol–water partition coefficient (Wildman–Crippen LogP) is 4.68. The third kappa shape index (κ3) is 4.65. The first-order valence-electron chi connectivity index (χ1n) is 10.2. The van der Waals surface area contributed by atoms with Crippen LogP contribution < -0.4 is 5.32 Å². The Morgan fingerprint density at radius 2 is 1.61 bits per heavy atom. The lowest BCUT2D eigenvalue weighted by Crippen LogP contribution is -2.23. The number of aryl methyl sites for hydroxylation is 2. The van der Waals surface area contributed by atoms with Crippen LogP contribution in [0.5, 0.6) is 0 Å². The molecule has 4 rings (SSSR count). The summed E-state index contributed by atoms with van der Waals surface area (Å²) in [5.41, 5.74) is 3.52. The van der Waals surface area contributed by atoms with Crippen molar-refractivity contribution in [3.63, 3.8) is 0 Å². The van der Waals surface area contributed by atoms with Crippen LogP contribution in [0.1, 0.15) is 18.3 Å². The van der Waals surface area contributed by atoms with E-state index in [9.17, 15) is 13.6 Å². The van der Waals surface area contributed by atoms with E-state index in [1.54, 1.807) is 40.4 Å². The normalized spacial score (nSPS) is 12.1. The number of nitrogens with zero attached hydrogens (tertiary/aromatic N) is 5. The highest BCUT2D eigenvalue weighted by atomic mass is 32.2. The van der Waals surface area contributed by atoms with Crippen molar-refractivity contribution in [2.75, 3.05) is 5.32 Å². The number of hydrogen-bond donors (Lipinski definition) is 1. The maximum absolute atomic E-state index is 13.5. The second kappa shape index (κ2) is 9.14. The maximum atomic E-state index is 13.5. The molecule has 0 aliphatic rings. The van der Waals surface area contributed by atoms with Gasteiger partial charge in [-0.3, -0.25) is 14.0 Å². The average Bonchev–Trinajstić information content (AvgIpc) is 3.30. The fourth-order valence-electron chi connectivity index (χ4n) is 3.35.